The summed E-state index contributed by atoms with van der Waals surface area (Å²) in [6, 6.07) is 5.33. The van der Waals surface area contributed by atoms with E-state index in [0.29, 0.717) is 21.7 Å². The number of hydrogen-bond donors (Lipinski definition) is 2. The fraction of sp³-hybridized carbons (Fsp3) is 0.333. The molecule has 2 heterocycles. The molecule has 0 aliphatic heterocycles. The number of H-pyrrole nitrogens is 1. The van der Waals surface area contributed by atoms with E-state index in [0.717, 1.165) is 10.4 Å². The molecule has 2 N–H and O–H groups in total. The van der Waals surface area contributed by atoms with Crippen molar-refractivity contribution in [2.75, 3.05) is 11.9 Å². The number of rotatable bonds is 9. The van der Waals surface area contributed by atoms with Crippen LogP contribution in [0.3, 0.4) is 0 Å². The second-order valence-corrected chi connectivity index (χ2v) is 9.52. The molecule has 0 spiro atoms. The van der Waals surface area contributed by atoms with E-state index in [-0.39, 0.29) is 17.1 Å². The first-order chi connectivity index (χ1) is 15.6. The van der Waals surface area contributed by atoms with E-state index in [1.807, 2.05) is 13.8 Å². The number of aromatic nitrogens is 2. The monoisotopic (exact) mass is 497 g/mol. The third-order valence-corrected chi connectivity index (χ3v) is 6.83. The van der Waals surface area contributed by atoms with Gasteiger partial charge in [0, 0.05) is 10.6 Å². The third kappa shape index (κ3) is 6.51. The van der Waals surface area contributed by atoms with Crippen LogP contribution >= 0.6 is 23.1 Å². The molecule has 0 aliphatic carbocycles. The molecule has 2 aromatic heterocycles. The molecule has 0 saturated carbocycles. The van der Waals surface area contributed by atoms with Crippen molar-refractivity contribution in [2.24, 2.45) is 0 Å². The Balaban J connectivity index is 1.47. The van der Waals surface area contributed by atoms with Crippen LogP contribution in [0.15, 0.2) is 29.1 Å². The Kier molecular flexibility index (Phi) is 8.03. The number of ether oxygens (including phenoxy) is 2. The number of halogens is 2. The minimum Gasteiger partial charge on any atom is -0.455 e. The zero-order valence-corrected chi connectivity index (χ0v) is 19.6. The van der Waals surface area contributed by atoms with Crippen molar-refractivity contribution in [1.29, 1.82) is 0 Å². The molecule has 1 amide bonds. The standard InChI is InChI=1S/C21H21F2N3O5S2/c1-10-11(2)33-19-17(10)18(28)25-15(26-19)9-32-12(3)20(29)30-8-16(27)24-13-4-6-14(7-5-13)31-21(22)23/h4-7,12,21H,8-9H2,1-3H3,(H,24,27)(H,25,26,28)/t12-/m0/s1. The average Bonchev–Trinajstić information content (AvgIpc) is 3.05. The van der Waals surface area contributed by atoms with Crippen LogP contribution in [-0.4, -0.2) is 40.3 Å². The second kappa shape index (κ2) is 10.8. The number of aryl methyl sites for hydroxylation is 2. The SMILES string of the molecule is Cc1sc2nc(CS[C@@H](C)C(=O)OCC(=O)Nc3ccc(OC(F)F)cc3)[nH]c(=O)c2c1C. The Hall–Kier alpha value is -2.99. The predicted molar refractivity (Wildman–Crippen MR) is 123 cm³/mol. The van der Waals surface area contributed by atoms with E-state index < -0.39 is 30.3 Å². The molecule has 0 aliphatic rings. The molecule has 8 nitrogen and oxygen atoms in total. The highest BCUT2D eigenvalue weighted by Gasteiger charge is 2.18. The highest BCUT2D eigenvalue weighted by Crippen LogP contribution is 2.26. The van der Waals surface area contributed by atoms with Crippen molar-refractivity contribution >= 4 is 50.9 Å². The van der Waals surface area contributed by atoms with E-state index >= 15 is 0 Å². The Labute approximate surface area is 195 Å². The smallest absolute Gasteiger partial charge is 0.387 e. The van der Waals surface area contributed by atoms with Crippen molar-refractivity contribution in [2.45, 2.75) is 38.4 Å². The lowest BCUT2D eigenvalue weighted by molar-refractivity contribution is -0.146. The molecule has 1 atom stereocenters. The lowest BCUT2D eigenvalue weighted by atomic mass is 10.2. The summed E-state index contributed by atoms with van der Waals surface area (Å²) in [5, 5.41) is 2.47. The number of alkyl halides is 2. The van der Waals surface area contributed by atoms with Crippen LogP contribution < -0.4 is 15.6 Å². The van der Waals surface area contributed by atoms with E-state index in [4.69, 9.17) is 4.74 Å². The molecule has 0 unspecified atom stereocenters. The summed E-state index contributed by atoms with van der Waals surface area (Å²) in [5.74, 6) is -0.475. The van der Waals surface area contributed by atoms with Gasteiger partial charge in [0.1, 0.15) is 21.7 Å². The molecule has 0 radical (unpaired) electrons. The summed E-state index contributed by atoms with van der Waals surface area (Å²) < 4.78 is 33.6. The van der Waals surface area contributed by atoms with Gasteiger partial charge in [-0.2, -0.15) is 8.78 Å². The highest BCUT2D eigenvalue weighted by atomic mass is 32.2. The number of aromatic amines is 1. The van der Waals surface area contributed by atoms with Gasteiger partial charge in [-0.25, -0.2) is 4.98 Å². The summed E-state index contributed by atoms with van der Waals surface area (Å²) >= 11 is 2.66. The predicted octanol–water partition coefficient (Wildman–Crippen LogP) is 4.01. The number of amides is 1. The molecule has 0 fully saturated rings. The molecule has 0 bridgehead atoms. The second-order valence-electron chi connectivity index (χ2n) is 6.99. The van der Waals surface area contributed by atoms with E-state index in [1.54, 1.807) is 6.92 Å². The van der Waals surface area contributed by atoms with Crippen LogP contribution in [0, 0.1) is 13.8 Å². The molecule has 1 aromatic carbocycles. The van der Waals surface area contributed by atoms with Crippen LogP contribution in [0.4, 0.5) is 14.5 Å². The Morgan fingerprint density at radius 2 is 1.94 bits per heavy atom. The largest absolute Gasteiger partial charge is 0.455 e. The number of thioether (sulfide) groups is 1. The number of nitrogens with one attached hydrogen (secondary N) is 2. The van der Waals surface area contributed by atoms with Gasteiger partial charge < -0.3 is 19.8 Å². The maximum absolute atomic E-state index is 12.3. The summed E-state index contributed by atoms with van der Waals surface area (Å²) in [5.41, 5.74) is 1.04. The summed E-state index contributed by atoms with van der Waals surface area (Å²) in [6.07, 6.45) is 0. The third-order valence-electron chi connectivity index (χ3n) is 4.60. The Morgan fingerprint density at radius 3 is 2.61 bits per heavy atom. The number of nitrogens with zero attached hydrogens (tertiary/aromatic N) is 1. The maximum atomic E-state index is 12.3. The Morgan fingerprint density at radius 1 is 1.24 bits per heavy atom. The number of thiophene rings is 1. The lowest BCUT2D eigenvalue weighted by Gasteiger charge is -2.11. The van der Waals surface area contributed by atoms with Gasteiger partial charge in [0.15, 0.2) is 6.61 Å². The van der Waals surface area contributed by atoms with Crippen molar-refractivity contribution in [3.05, 3.63) is 50.9 Å². The molecule has 0 saturated heterocycles. The summed E-state index contributed by atoms with van der Waals surface area (Å²) in [4.78, 5) is 45.4. The van der Waals surface area contributed by atoms with Gasteiger partial charge in [0.25, 0.3) is 11.5 Å². The van der Waals surface area contributed by atoms with Gasteiger partial charge in [-0.3, -0.25) is 14.4 Å². The minimum atomic E-state index is -2.94. The van der Waals surface area contributed by atoms with Crippen molar-refractivity contribution in [3.8, 4) is 5.75 Å². The fourth-order valence-electron chi connectivity index (χ4n) is 2.81. The van der Waals surface area contributed by atoms with Crippen LogP contribution in [0.5, 0.6) is 5.75 Å². The average molecular weight is 498 g/mol. The minimum absolute atomic E-state index is 0.0420. The zero-order chi connectivity index (χ0) is 24.1. The topological polar surface area (TPSA) is 110 Å². The van der Waals surface area contributed by atoms with E-state index in [2.05, 4.69) is 20.0 Å². The lowest BCUT2D eigenvalue weighted by Crippen LogP contribution is -2.25. The quantitative estimate of drug-likeness (QED) is 0.430. The first-order valence-electron chi connectivity index (χ1n) is 9.76. The van der Waals surface area contributed by atoms with Gasteiger partial charge in [0.2, 0.25) is 0 Å². The van der Waals surface area contributed by atoms with Crippen LogP contribution in [0.2, 0.25) is 0 Å². The van der Waals surface area contributed by atoms with E-state index in [9.17, 15) is 23.2 Å². The van der Waals surface area contributed by atoms with Gasteiger partial charge in [-0.05, 0) is 50.6 Å². The normalized spacial score (nSPS) is 12.1. The molecular weight excluding hydrogens is 476 g/mol. The first kappa shape index (κ1) is 24.6. The molecule has 176 valence electrons. The molecule has 3 rings (SSSR count). The van der Waals surface area contributed by atoms with Crippen molar-refractivity contribution in [3.63, 3.8) is 0 Å². The summed E-state index contributed by atoms with van der Waals surface area (Å²) in [7, 11) is 0. The van der Waals surface area contributed by atoms with Crippen LogP contribution in [0.1, 0.15) is 23.2 Å². The van der Waals surface area contributed by atoms with Crippen molar-refractivity contribution in [1.82, 2.24) is 9.97 Å². The number of carbonyl (C=O) groups excluding carboxylic acids is 2. The number of esters is 1. The molecule has 33 heavy (non-hydrogen) atoms. The van der Waals surface area contributed by atoms with Gasteiger partial charge in [-0.1, -0.05) is 0 Å². The first-order valence-corrected chi connectivity index (χ1v) is 11.6. The molecule has 3 aromatic rings. The van der Waals surface area contributed by atoms with Gasteiger partial charge >= 0.3 is 12.6 Å². The van der Waals surface area contributed by atoms with Gasteiger partial charge in [0.05, 0.1) is 11.1 Å². The Bertz CT molecular complexity index is 1210. The maximum Gasteiger partial charge on any atom is 0.387 e. The van der Waals surface area contributed by atoms with Crippen LogP contribution in [0.25, 0.3) is 10.2 Å². The number of benzene rings is 1. The number of fused-ring (bicyclic) bond motifs is 1. The van der Waals surface area contributed by atoms with Gasteiger partial charge in [-0.15, -0.1) is 23.1 Å². The fourth-order valence-corrected chi connectivity index (χ4v) is 4.61. The van der Waals surface area contributed by atoms with E-state index in [1.165, 1.54) is 47.4 Å². The number of hydrogen-bond acceptors (Lipinski definition) is 8. The zero-order valence-electron chi connectivity index (χ0n) is 17.9. The van der Waals surface area contributed by atoms with Crippen LogP contribution in [-0.2, 0) is 20.1 Å². The molecule has 12 heteroatoms. The summed E-state index contributed by atoms with van der Waals surface area (Å²) in [6.45, 7) is 2.00. The molecular formula is C21H21F2N3O5S2. The highest BCUT2D eigenvalue weighted by molar-refractivity contribution is 7.99. The number of carbonyl (C=O) groups is 2. The number of anilines is 1. The van der Waals surface area contributed by atoms with Crippen molar-refractivity contribution < 1.29 is 27.8 Å².